The Bertz CT molecular complexity index is 1610. The van der Waals surface area contributed by atoms with E-state index in [9.17, 15) is 13.2 Å². The maximum absolute atomic E-state index is 13.4. The minimum absolute atomic E-state index is 0.0392. The lowest BCUT2D eigenvalue weighted by Crippen LogP contribution is -2.50. The van der Waals surface area contributed by atoms with Crippen LogP contribution in [0.4, 0.5) is 5.95 Å². The molecule has 4 heterocycles. The van der Waals surface area contributed by atoms with Gasteiger partial charge in [0.1, 0.15) is 0 Å². The number of anilines is 1. The molecular formula is C33H42N6O4S. The average molecular weight is 619 g/mol. The summed E-state index contributed by atoms with van der Waals surface area (Å²) in [7, 11) is -1.88. The summed E-state index contributed by atoms with van der Waals surface area (Å²) in [5.74, 6) is 0.632. The number of likely N-dealkylation sites (tertiary alicyclic amines) is 2. The summed E-state index contributed by atoms with van der Waals surface area (Å²) in [4.78, 5) is 27.3. The second kappa shape index (κ2) is 12.5. The van der Waals surface area contributed by atoms with Crippen molar-refractivity contribution in [1.82, 2.24) is 25.1 Å². The first kappa shape index (κ1) is 30.5. The largest absolute Gasteiger partial charge is 0.477 e. The zero-order valence-corrected chi connectivity index (χ0v) is 26.6. The predicted molar refractivity (Wildman–Crippen MR) is 170 cm³/mol. The van der Waals surface area contributed by atoms with Crippen molar-refractivity contribution in [2.75, 3.05) is 57.6 Å². The van der Waals surface area contributed by atoms with Gasteiger partial charge in [0.15, 0.2) is 0 Å². The van der Waals surface area contributed by atoms with E-state index in [4.69, 9.17) is 4.74 Å². The molecule has 6 rings (SSSR count). The van der Waals surface area contributed by atoms with E-state index in [1.807, 2.05) is 32.0 Å². The van der Waals surface area contributed by atoms with E-state index >= 15 is 0 Å². The Balaban J connectivity index is 1.32. The highest BCUT2D eigenvalue weighted by Crippen LogP contribution is 2.35. The van der Waals surface area contributed by atoms with Crippen molar-refractivity contribution in [3.8, 4) is 17.1 Å². The summed E-state index contributed by atoms with van der Waals surface area (Å²) in [6.45, 7) is 10.1. The van der Waals surface area contributed by atoms with Crippen LogP contribution in [-0.2, 0) is 10.0 Å². The van der Waals surface area contributed by atoms with E-state index in [1.165, 1.54) is 25.0 Å². The molecule has 0 unspecified atom stereocenters. The van der Waals surface area contributed by atoms with Gasteiger partial charge in [0.25, 0.3) is 15.9 Å². The highest BCUT2D eigenvalue weighted by atomic mass is 32.2. The third-order valence-corrected chi connectivity index (χ3v) is 10.8. The summed E-state index contributed by atoms with van der Waals surface area (Å²) < 4.78 is 35.7. The van der Waals surface area contributed by atoms with Gasteiger partial charge in [-0.05, 0) is 108 Å². The van der Waals surface area contributed by atoms with Crippen LogP contribution in [0.2, 0.25) is 0 Å². The van der Waals surface area contributed by atoms with Gasteiger partial charge in [-0.25, -0.2) is 18.1 Å². The highest BCUT2D eigenvalue weighted by Gasteiger charge is 2.37. The Kier molecular flexibility index (Phi) is 8.63. The summed E-state index contributed by atoms with van der Waals surface area (Å²) in [5, 5.41) is 3.10. The first-order valence-corrected chi connectivity index (χ1v) is 17.0. The van der Waals surface area contributed by atoms with Crippen molar-refractivity contribution >= 4 is 21.9 Å². The van der Waals surface area contributed by atoms with Crippen molar-refractivity contribution in [3.63, 3.8) is 0 Å². The Labute approximate surface area is 260 Å². The van der Waals surface area contributed by atoms with Crippen molar-refractivity contribution in [1.29, 1.82) is 0 Å². The van der Waals surface area contributed by atoms with E-state index in [2.05, 4.69) is 36.9 Å². The summed E-state index contributed by atoms with van der Waals surface area (Å²) >= 11 is 0. The standard InChI is InChI=1S/C33H42N6O4S/c1-23-6-4-7-24(2)30(23)28-19-29-36-32(35-28)37-44(41,42)27-9-5-8-26(18-27)31(40)34-21-33(22-43-29)12-16-39(17-13-33)20-25-10-14-38(3)15-11-25/h4-9,18-19,25H,10-17,20-22H2,1-3H3,(H,34,40)(H,35,36,37). The van der Waals surface area contributed by atoms with Gasteiger partial charge in [-0.2, -0.15) is 4.98 Å². The number of hydrogen-bond acceptors (Lipinski definition) is 8. The predicted octanol–water partition coefficient (Wildman–Crippen LogP) is 4.11. The molecule has 0 atom stereocenters. The normalized spacial score (nSPS) is 21.1. The number of nitrogens with zero attached hydrogens (tertiary/aromatic N) is 4. The Hall–Kier alpha value is -3.54. The first-order valence-electron chi connectivity index (χ1n) is 15.5. The third kappa shape index (κ3) is 6.74. The number of sulfonamides is 1. The number of aromatic nitrogens is 2. The number of amides is 1. The number of carbonyl (C=O) groups is 1. The smallest absolute Gasteiger partial charge is 0.264 e. The molecule has 3 aliphatic rings. The maximum atomic E-state index is 13.4. The van der Waals surface area contributed by atoms with Crippen LogP contribution in [-0.4, -0.2) is 87.0 Å². The van der Waals surface area contributed by atoms with Crippen LogP contribution in [0.5, 0.6) is 5.88 Å². The molecule has 11 heteroatoms. The van der Waals surface area contributed by atoms with Gasteiger partial charge in [0, 0.05) is 35.7 Å². The van der Waals surface area contributed by atoms with Crippen LogP contribution in [0.1, 0.15) is 47.2 Å². The van der Waals surface area contributed by atoms with Crippen molar-refractivity contribution in [2.45, 2.75) is 44.4 Å². The van der Waals surface area contributed by atoms with Gasteiger partial charge in [0.2, 0.25) is 11.8 Å². The molecule has 1 amide bonds. The van der Waals surface area contributed by atoms with E-state index in [1.54, 1.807) is 18.2 Å². The van der Waals surface area contributed by atoms with Crippen LogP contribution < -0.4 is 14.8 Å². The van der Waals surface area contributed by atoms with Crippen molar-refractivity contribution in [3.05, 3.63) is 65.2 Å². The number of rotatable bonds is 3. The molecule has 3 aromatic rings. The van der Waals surface area contributed by atoms with Gasteiger partial charge >= 0.3 is 0 Å². The second-order valence-electron chi connectivity index (χ2n) is 12.8. The molecule has 234 valence electrons. The number of aryl methyl sites for hydroxylation is 2. The molecule has 2 saturated heterocycles. The molecule has 0 aliphatic carbocycles. The number of nitrogens with one attached hydrogen (secondary N) is 2. The van der Waals surface area contributed by atoms with Crippen LogP contribution >= 0.6 is 0 Å². The average Bonchev–Trinajstić information content (AvgIpc) is 3.00. The molecule has 10 nitrogen and oxygen atoms in total. The van der Waals surface area contributed by atoms with Gasteiger partial charge in [0.05, 0.1) is 17.2 Å². The molecule has 2 fully saturated rings. The van der Waals surface area contributed by atoms with Gasteiger partial charge in [-0.15, -0.1) is 0 Å². The first-order chi connectivity index (χ1) is 21.1. The quantitative estimate of drug-likeness (QED) is 0.451. The number of piperidine rings is 2. The number of fused-ring (bicyclic) bond motifs is 4. The van der Waals surface area contributed by atoms with Gasteiger partial charge in [-0.3, -0.25) is 4.79 Å². The fraction of sp³-hybridized carbons (Fsp3) is 0.485. The molecule has 0 radical (unpaired) electrons. The van der Waals surface area contributed by atoms with E-state index in [0.717, 1.165) is 68.2 Å². The van der Waals surface area contributed by atoms with Crippen LogP contribution in [0, 0.1) is 25.2 Å². The lowest BCUT2D eigenvalue weighted by atomic mass is 9.78. The maximum Gasteiger partial charge on any atom is 0.264 e. The Morgan fingerprint density at radius 1 is 0.977 bits per heavy atom. The van der Waals surface area contributed by atoms with Crippen molar-refractivity contribution in [2.24, 2.45) is 11.3 Å². The highest BCUT2D eigenvalue weighted by molar-refractivity contribution is 7.92. The molecular weight excluding hydrogens is 576 g/mol. The number of hydrogen-bond donors (Lipinski definition) is 2. The third-order valence-electron chi connectivity index (χ3n) is 9.49. The van der Waals surface area contributed by atoms with Crippen LogP contribution in [0.25, 0.3) is 11.3 Å². The molecule has 1 aromatic heterocycles. The topological polar surface area (TPSA) is 117 Å². The molecule has 3 aliphatic heterocycles. The zero-order valence-electron chi connectivity index (χ0n) is 25.8. The summed E-state index contributed by atoms with van der Waals surface area (Å²) in [6.07, 6.45) is 4.21. The van der Waals surface area contributed by atoms with Crippen molar-refractivity contribution < 1.29 is 17.9 Å². The molecule has 2 N–H and O–H groups in total. The number of carbonyl (C=O) groups excluding carboxylic acids is 1. The number of benzene rings is 2. The SMILES string of the molecule is Cc1cccc(C)c1-c1cc2nc(n1)NS(=O)(=O)c1cccc(c1)C(=O)NCC1(CCN(CC3CCN(C)CC3)CC1)CO2. The van der Waals surface area contributed by atoms with Crippen LogP contribution in [0.3, 0.4) is 0 Å². The van der Waals surface area contributed by atoms with E-state index in [-0.39, 0.29) is 27.7 Å². The minimum atomic E-state index is -4.08. The fourth-order valence-electron chi connectivity index (χ4n) is 6.66. The summed E-state index contributed by atoms with van der Waals surface area (Å²) in [6, 6.07) is 13.8. The second-order valence-corrected chi connectivity index (χ2v) is 14.5. The van der Waals surface area contributed by atoms with E-state index < -0.39 is 10.0 Å². The fourth-order valence-corrected chi connectivity index (χ4v) is 7.65. The van der Waals surface area contributed by atoms with E-state index in [0.29, 0.717) is 24.7 Å². The van der Waals surface area contributed by atoms with Gasteiger partial charge < -0.3 is 19.9 Å². The monoisotopic (exact) mass is 618 g/mol. The van der Waals surface area contributed by atoms with Gasteiger partial charge in [-0.1, -0.05) is 24.3 Å². The molecule has 0 saturated carbocycles. The molecule has 2 aromatic carbocycles. The molecule has 44 heavy (non-hydrogen) atoms. The molecule has 1 spiro atoms. The van der Waals surface area contributed by atoms with Crippen LogP contribution in [0.15, 0.2) is 53.4 Å². The Morgan fingerprint density at radius 3 is 2.41 bits per heavy atom. The lowest BCUT2D eigenvalue weighted by molar-refractivity contribution is 0.0398. The zero-order chi connectivity index (χ0) is 30.9. The number of ether oxygens (including phenoxy) is 1. The summed E-state index contributed by atoms with van der Waals surface area (Å²) in [5.41, 5.74) is 3.51. The lowest BCUT2D eigenvalue weighted by Gasteiger charge is -2.43. The minimum Gasteiger partial charge on any atom is -0.477 e. The molecule has 4 bridgehead atoms. The Morgan fingerprint density at radius 2 is 1.68 bits per heavy atom.